The molecule has 1 N–H and O–H groups in total. The van der Waals surface area contributed by atoms with Crippen molar-refractivity contribution in [3.8, 4) is 0 Å². The van der Waals surface area contributed by atoms with Crippen molar-refractivity contribution in [2.75, 3.05) is 43.4 Å². The zero-order valence-electron chi connectivity index (χ0n) is 13.2. The molecule has 6 heteroatoms. The average molecular weight is 298 g/mol. The Morgan fingerprint density at radius 1 is 1.09 bits per heavy atom. The van der Waals surface area contributed by atoms with E-state index in [2.05, 4.69) is 68.5 Å². The number of aromatic nitrogens is 3. The van der Waals surface area contributed by atoms with E-state index in [-0.39, 0.29) is 0 Å². The Morgan fingerprint density at radius 3 is 2.50 bits per heavy atom. The van der Waals surface area contributed by atoms with Crippen LogP contribution in [0.2, 0.25) is 0 Å². The average Bonchev–Trinajstić information content (AvgIpc) is 2.56. The van der Waals surface area contributed by atoms with Gasteiger partial charge >= 0.3 is 0 Å². The van der Waals surface area contributed by atoms with Crippen molar-refractivity contribution >= 4 is 17.5 Å². The lowest BCUT2D eigenvalue weighted by Gasteiger charge is -2.32. The number of rotatable bonds is 4. The number of likely N-dealkylation sites (N-methyl/N-ethyl adjacent to an activating group) is 1. The monoisotopic (exact) mass is 298 g/mol. The summed E-state index contributed by atoms with van der Waals surface area (Å²) in [6.45, 7) is 6.08. The third kappa shape index (κ3) is 3.51. The molecule has 0 radical (unpaired) electrons. The smallest absolute Gasteiger partial charge is 0.247 e. The quantitative estimate of drug-likeness (QED) is 0.931. The third-order valence-electron chi connectivity index (χ3n) is 3.97. The second-order valence-electron chi connectivity index (χ2n) is 5.61. The largest absolute Gasteiger partial charge is 0.339 e. The van der Waals surface area contributed by atoms with Crippen LogP contribution in [0.5, 0.6) is 0 Å². The van der Waals surface area contributed by atoms with Gasteiger partial charge in [0.15, 0.2) is 5.82 Å². The van der Waals surface area contributed by atoms with Crippen LogP contribution in [0.4, 0.5) is 17.5 Å². The zero-order valence-corrected chi connectivity index (χ0v) is 13.2. The van der Waals surface area contributed by atoms with Gasteiger partial charge in [0.25, 0.3) is 0 Å². The second kappa shape index (κ2) is 6.70. The fraction of sp³-hybridized carbons (Fsp3) is 0.438. The highest BCUT2D eigenvalue weighted by atomic mass is 15.4. The summed E-state index contributed by atoms with van der Waals surface area (Å²) < 4.78 is 0. The van der Waals surface area contributed by atoms with Crippen LogP contribution < -0.4 is 10.2 Å². The normalized spacial score (nSPS) is 15.8. The highest BCUT2D eigenvalue weighted by Gasteiger charge is 2.17. The fourth-order valence-electron chi connectivity index (χ4n) is 2.47. The number of anilines is 3. The number of nitrogens with one attached hydrogen (secondary N) is 1. The molecule has 2 heterocycles. The maximum Gasteiger partial charge on any atom is 0.247 e. The molecule has 6 nitrogen and oxygen atoms in total. The first-order valence-corrected chi connectivity index (χ1v) is 7.74. The van der Waals surface area contributed by atoms with Gasteiger partial charge in [0.05, 0.1) is 6.20 Å². The van der Waals surface area contributed by atoms with E-state index in [0.29, 0.717) is 5.95 Å². The molecule has 0 spiro atoms. The topological polar surface area (TPSA) is 57.2 Å². The van der Waals surface area contributed by atoms with Gasteiger partial charge in [0, 0.05) is 31.9 Å². The van der Waals surface area contributed by atoms with Crippen LogP contribution in [0.3, 0.4) is 0 Å². The lowest BCUT2D eigenvalue weighted by atomic mass is 10.1. The number of hydrogen-bond donors (Lipinski definition) is 1. The molecule has 0 saturated carbocycles. The van der Waals surface area contributed by atoms with Crippen molar-refractivity contribution in [3.63, 3.8) is 0 Å². The predicted molar refractivity (Wildman–Crippen MR) is 88.6 cm³/mol. The SMILES string of the molecule is CCc1ccc(Nc2cnnc(N3CCN(C)CC3)n2)cc1. The first-order valence-electron chi connectivity index (χ1n) is 7.74. The van der Waals surface area contributed by atoms with Gasteiger partial charge in [-0.1, -0.05) is 19.1 Å². The maximum absolute atomic E-state index is 4.58. The van der Waals surface area contributed by atoms with E-state index in [1.54, 1.807) is 6.20 Å². The minimum absolute atomic E-state index is 0.697. The standard InChI is InChI=1S/C16H22N6/c1-3-13-4-6-14(7-5-13)18-15-12-17-20-16(19-15)22-10-8-21(2)9-11-22/h4-7,12H,3,8-11H2,1-2H3,(H,18,19,20). The Morgan fingerprint density at radius 2 is 1.82 bits per heavy atom. The number of piperazine rings is 1. The first-order chi connectivity index (χ1) is 10.7. The molecule has 0 aliphatic carbocycles. The molecule has 0 unspecified atom stereocenters. The van der Waals surface area contributed by atoms with Crippen LogP contribution in [0, 0.1) is 0 Å². The number of hydrogen-bond acceptors (Lipinski definition) is 6. The van der Waals surface area contributed by atoms with E-state index < -0.39 is 0 Å². The van der Waals surface area contributed by atoms with Crippen molar-refractivity contribution in [1.82, 2.24) is 20.1 Å². The summed E-state index contributed by atoms with van der Waals surface area (Å²) in [7, 11) is 2.13. The summed E-state index contributed by atoms with van der Waals surface area (Å²) in [6, 6.07) is 8.38. The Labute approximate surface area is 131 Å². The molecule has 1 aliphatic heterocycles. The van der Waals surface area contributed by atoms with Gasteiger partial charge < -0.3 is 15.1 Å². The molecule has 22 heavy (non-hydrogen) atoms. The van der Waals surface area contributed by atoms with Gasteiger partial charge in [-0.2, -0.15) is 10.1 Å². The maximum atomic E-state index is 4.58. The van der Waals surface area contributed by atoms with Gasteiger partial charge in [-0.25, -0.2) is 0 Å². The van der Waals surface area contributed by atoms with Crippen molar-refractivity contribution in [2.24, 2.45) is 0 Å². The Hall–Kier alpha value is -2.21. The molecule has 0 amide bonds. The molecule has 1 aromatic heterocycles. The molecule has 1 aromatic carbocycles. The number of aryl methyl sites for hydroxylation is 1. The lowest BCUT2D eigenvalue weighted by molar-refractivity contribution is 0.311. The minimum Gasteiger partial charge on any atom is -0.339 e. The predicted octanol–water partition coefficient (Wildman–Crippen LogP) is 1.93. The fourth-order valence-corrected chi connectivity index (χ4v) is 2.47. The van der Waals surface area contributed by atoms with E-state index in [0.717, 1.165) is 44.1 Å². The Kier molecular flexibility index (Phi) is 4.48. The molecule has 1 saturated heterocycles. The molecule has 2 aromatic rings. The minimum atomic E-state index is 0.697. The van der Waals surface area contributed by atoms with Crippen LogP contribution in [-0.4, -0.2) is 53.3 Å². The van der Waals surface area contributed by atoms with E-state index in [9.17, 15) is 0 Å². The van der Waals surface area contributed by atoms with Crippen LogP contribution in [-0.2, 0) is 6.42 Å². The van der Waals surface area contributed by atoms with E-state index in [1.165, 1.54) is 5.56 Å². The third-order valence-corrected chi connectivity index (χ3v) is 3.97. The van der Waals surface area contributed by atoms with E-state index in [1.807, 2.05) is 0 Å². The zero-order chi connectivity index (χ0) is 15.4. The summed E-state index contributed by atoms with van der Waals surface area (Å²) >= 11 is 0. The number of nitrogens with zero attached hydrogens (tertiary/aromatic N) is 5. The molecule has 0 bridgehead atoms. The summed E-state index contributed by atoms with van der Waals surface area (Å²) in [5, 5.41) is 11.5. The van der Waals surface area contributed by atoms with Crippen molar-refractivity contribution < 1.29 is 0 Å². The molecular weight excluding hydrogens is 276 g/mol. The first kappa shape index (κ1) is 14.7. The Bertz CT molecular complexity index is 604. The summed E-state index contributed by atoms with van der Waals surface area (Å²) in [6.07, 6.45) is 2.70. The number of benzene rings is 1. The highest BCUT2D eigenvalue weighted by molar-refractivity contribution is 5.56. The van der Waals surface area contributed by atoms with Crippen molar-refractivity contribution in [2.45, 2.75) is 13.3 Å². The summed E-state index contributed by atoms with van der Waals surface area (Å²) in [5.74, 6) is 1.43. The van der Waals surface area contributed by atoms with Gasteiger partial charge in [-0.3, -0.25) is 0 Å². The lowest BCUT2D eigenvalue weighted by Crippen LogP contribution is -2.45. The molecule has 1 fully saturated rings. The molecule has 0 atom stereocenters. The molecule has 116 valence electrons. The van der Waals surface area contributed by atoms with Gasteiger partial charge in [-0.15, -0.1) is 5.10 Å². The van der Waals surface area contributed by atoms with Gasteiger partial charge in [-0.05, 0) is 31.2 Å². The van der Waals surface area contributed by atoms with E-state index in [4.69, 9.17) is 0 Å². The van der Waals surface area contributed by atoms with Crippen LogP contribution in [0.1, 0.15) is 12.5 Å². The second-order valence-corrected chi connectivity index (χ2v) is 5.61. The van der Waals surface area contributed by atoms with Crippen molar-refractivity contribution in [1.29, 1.82) is 0 Å². The summed E-state index contributed by atoms with van der Waals surface area (Å²) in [5.41, 5.74) is 2.34. The molecule has 1 aliphatic rings. The van der Waals surface area contributed by atoms with Crippen LogP contribution >= 0.6 is 0 Å². The van der Waals surface area contributed by atoms with E-state index >= 15 is 0 Å². The highest BCUT2D eigenvalue weighted by Crippen LogP contribution is 2.17. The van der Waals surface area contributed by atoms with Gasteiger partial charge in [0.1, 0.15) is 0 Å². The molecule has 3 rings (SSSR count). The van der Waals surface area contributed by atoms with Gasteiger partial charge in [0.2, 0.25) is 5.95 Å². The van der Waals surface area contributed by atoms with Crippen LogP contribution in [0.15, 0.2) is 30.5 Å². The van der Waals surface area contributed by atoms with Crippen molar-refractivity contribution in [3.05, 3.63) is 36.0 Å². The Balaban J connectivity index is 1.70. The van der Waals surface area contributed by atoms with Crippen LogP contribution in [0.25, 0.3) is 0 Å². The molecular formula is C16H22N6. The summed E-state index contributed by atoms with van der Waals surface area (Å²) in [4.78, 5) is 9.07.